The lowest BCUT2D eigenvalue weighted by atomic mass is 10.1. The normalized spacial score (nSPS) is 13.3. The second-order valence-electron chi connectivity index (χ2n) is 4.04. The lowest BCUT2D eigenvalue weighted by molar-refractivity contribution is -0.0986. The Bertz CT molecular complexity index is 379. The molecule has 1 aromatic rings. The molecule has 1 heterocycles. The SMILES string of the molecule is COC(CNCCc1ccc2c(c1)OCO2)OC. The Morgan fingerprint density at radius 2 is 2.00 bits per heavy atom. The Hall–Kier alpha value is -1.30. The number of hydrogen-bond acceptors (Lipinski definition) is 5. The van der Waals surface area contributed by atoms with Crippen molar-refractivity contribution in [3.8, 4) is 11.5 Å². The molecule has 0 unspecified atom stereocenters. The molecule has 1 aliphatic heterocycles. The Labute approximate surface area is 107 Å². The predicted molar refractivity (Wildman–Crippen MR) is 66.9 cm³/mol. The molecule has 1 N–H and O–H groups in total. The third-order valence-electron chi connectivity index (χ3n) is 2.86. The van der Waals surface area contributed by atoms with E-state index in [1.165, 1.54) is 5.56 Å². The molecule has 100 valence electrons. The van der Waals surface area contributed by atoms with Crippen LogP contribution in [-0.2, 0) is 15.9 Å². The molecule has 0 spiro atoms. The van der Waals surface area contributed by atoms with Crippen molar-refractivity contribution in [1.82, 2.24) is 5.32 Å². The zero-order valence-corrected chi connectivity index (χ0v) is 10.8. The third-order valence-corrected chi connectivity index (χ3v) is 2.86. The highest BCUT2D eigenvalue weighted by Gasteiger charge is 2.12. The molecule has 5 heteroatoms. The van der Waals surface area contributed by atoms with Crippen LogP contribution in [0.15, 0.2) is 18.2 Å². The van der Waals surface area contributed by atoms with Crippen LogP contribution in [0.4, 0.5) is 0 Å². The van der Waals surface area contributed by atoms with E-state index in [0.717, 1.165) is 24.5 Å². The fourth-order valence-electron chi connectivity index (χ4n) is 1.81. The van der Waals surface area contributed by atoms with Crippen LogP contribution in [0.5, 0.6) is 11.5 Å². The van der Waals surface area contributed by atoms with Crippen molar-refractivity contribution in [2.24, 2.45) is 0 Å². The van der Waals surface area contributed by atoms with Gasteiger partial charge in [0.05, 0.1) is 0 Å². The van der Waals surface area contributed by atoms with Crippen LogP contribution < -0.4 is 14.8 Å². The maximum atomic E-state index is 5.34. The second-order valence-corrected chi connectivity index (χ2v) is 4.04. The van der Waals surface area contributed by atoms with Gasteiger partial charge in [-0.05, 0) is 30.7 Å². The van der Waals surface area contributed by atoms with Gasteiger partial charge in [0.1, 0.15) is 0 Å². The third kappa shape index (κ3) is 3.35. The van der Waals surface area contributed by atoms with Crippen LogP contribution in [0.3, 0.4) is 0 Å². The molecule has 0 aromatic heterocycles. The van der Waals surface area contributed by atoms with E-state index < -0.39 is 0 Å². The summed E-state index contributed by atoms with van der Waals surface area (Å²) < 4.78 is 20.8. The van der Waals surface area contributed by atoms with E-state index in [9.17, 15) is 0 Å². The van der Waals surface area contributed by atoms with Crippen LogP contribution in [0.25, 0.3) is 0 Å². The number of nitrogens with one attached hydrogen (secondary N) is 1. The molecule has 0 amide bonds. The fraction of sp³-hybridized carbons (Fsp3) is 0.538. The highest BCUT2D eigenvalue weighted by molar-refractivity contribution is 5.44. The Morgan fingerprint density at radius 3 is 2.78 bits per heavy atom. The summed E-state index contributed by atoms with van der Waals surface area (Å²) in [6.07, 6.45) is 0.735. The highest BCUT2D eigenvalue weighted by atomic mass is 16.7. The summed E-state index contributed by atoms with van der Waals surface area (Å²) >= 11 is 0. The summed E-state index contributed by atoms with van der Waals surface area (Å²) in [5, 5.41) is 3.28. The molecule has 1 aliphatic rings. The minimum absolute atomic E-state index is 0.193. The van der Waals surface area contributed by atoms with Crippen LogP contribution in [0.2, 0.25) is 0 Å². The van der Waals surface area contributed by atoms with Gasteiger partial charge in [0.25, 0.3) is 0 Å². The van der Waals surface area contributed by atoms with E-state index in [2.05, 4.69) is 11.4 Å². The van der Waals surface area contributed by atoms with Gasteiger partial charge in [-0.1, -0.05) is 6.07 Å². The molecule has 18 heavy (non-hydrogen) atoms. The van der Waals surface area contributed by atoms with Crippen molar-refractivity contribution in [3.63, 3.8) is 0 Å². The smallest absolute Gasteiger partial charge is 0.231 e. The predicted octanol–water partition coefficient (Wildman–Crippen LogP) is 1.17. The molecule has 0 fully saturated rings. The molecule has 0 bridgehead atoms. The van der Waals surface area contributed by atoms with Crippen LogP contribution in [-0.4, -0.2) is 40.4 Å². The fourth-order valence-corrected chi connectivity index (χ4v) is 1.81. The van der Waals surface area contributed by atoms with Crippen molar-refractivity contribution < 1.29 is 18.9 Å². The summed E-state index contributed by atoms with van der Waals surface area (Å²) in [6, 6.07) is 6.03. The van der Waals surface area contributed by atoms with Crippen LogP contribution in [0, 0.1) is 0 Å². The number of methoxy groups -OCH3 is 2. The van der Waals surface area contributed by atoms with Gasteiger partial charge >= 0.3 is 0 Å². The average Bonchev–Trinajstić information content (AvgIpc) is 2.86. The maximum Gasteiger partial charge on any atom is 0.231 e. The van der Waals surface area contributed by atoms with Crippen molar-refractivity contribution in [1.29, 1.82) is 0 Å². The number of hydrogen-bond donors (Lipinski definition) is 1. The number of fused-ring (bicyclic) bond motifs is 1. The maximum absolute atomic E-state index is 5.34. The van der Waals surface area contributed by atoms with E-state index in [1.807, 2.05) is 12.1 Å². The molecule has 1 aromatic carbocycles. The minimum atomic E-state index is -0.193. The Morgan fingerprint density at radius 1 is 1.22 bits per heavy atom. The van der Waals surface area contributed by atoms with Crippen molar-refractivity contribution in [2.75, 3.05) is 34.1 Å². The Kier molecular flexibility index (Phi) is 4.81. The summed E-state index contributed by atoms with van der Waals surface area (Å²) in [6.45, 7) is 1.86. The van der Waals surface area contributed by atoms with Gasteiger partial charge in [0.2, 0.25) is 6.79 Å². The van der Waals surface area contributed by atoms with Gasteiger partial charge in [0.15, 0.2) is 17.8 Å². The molecular weight excluding hydrogens is 234 g/mol. The summed E-state index contributed by atoms with van der Waals surface area (Å²) in [7, 11) is 3.27. The molecule has 0 atom stereocenters. The van der Waals surface area contributed by atoms with E-state index in [-0.39, 0.29) is 6.29 Å². The molecule has 0 radical (unpaired) electrons. The molecule has 0 saturated carbocycles. The summed E-state index contributed by atoms with van der Waals surface area (Å²) in [5.74, 6) is 1.66. The first-order valence-electron chi connectivity index (χ1n) is 5.98. The van der Waals surface area contributed by atoms with Gasteiger partial charge < -0.3 is 24.3 Å². The molecule has 2 rings (SSSR count). The minimum Gasteiger partial charge on any atom is -0.454 e. The topological polar surface area (TPSA) is 49.0 Å². The Balaban J connectivity index is 1.74. The number of rotatable bonds is 7. The summed E-state index contributed by atoms with van der Waals surface area (Å²) in [4.78, 5) is 0. The lowest BCUT2D eigenvalue weighted by Gasteiger charge is -2.13. The van der Waals surface area contributed by atoms with Gasteiger partial charge in [0, 0.05) is 20.8 Å². The monoisotopic (exact) mass is 253 g/mol. The van der Waals surface area contributed by atoms with Crippen LogP contribution >= 0.6 is 0 Å². The first kappa shape index (κ1) is 13.1. The van der Waals surface area contributed by atoms with E-state index in [0.29, 0.717) is 13.3 Å². The van der Waals surface area contributed by atoms with E-state index in [1.54, 1.807) is 14.2 Å². The molecule has 0 aliphatic carbocycles. The van der Waals surface area contributed by atoms with Crippen molar-refractivity contribution >= 4 is 0 Å². The first-order chi connectivity index (χ1) is 8.83. The van der Waals surface area contributed by atoms with Gasteiger partial charge in [-0.15, -0.1) is 0 Å². The summed E-state index contributed by atoms with van der Waals surface area (Å²) in [5.41, 5.74) is 1.22. The molecule has 5 nitrogen and oxygen atoms in total. The highest BCUT2D eigenvalue weighted by Crippen LogP contribution is 2.32. The second kappa shape index (κ2) is 6.58. The van der Waals surface area contributed by atoms with Crippen molar-refractivity contribution in [3.05, 3.63) is 23.8 Å². The first-order valence-corrected chi connectivity index (χ1v) is 5.98. The number of benzene rings is 1. The van der Waals surface area contributed by atoms with Crippen LogP contribution in [0.1, 0.15) is 5.56 Å². The van der Waals surface area contributed by atoms with E-state index >= 15 is 0 Å². The molecule has 0 saturated heterocycles. The van der Waals surface area contributed by atoms with E-state index in [4.69, 9.17) is 18.9 Å². The van der Waals surface area contributed by atoms with Gasteiger partial charge in [-0.3, -0.25) is 0 Å². The average molecular weight is 253 g/mol. The lowest BCUT2D eigenvalue weighted by Crippen LogP contribution is -2.31. The molecular formula is C13H19NO4. The zero-order chi connectivity index (χ0) is 12.8. The zero-order valence-electron chi connectivity index (χ0n) is 10.8. The number of ether oxygens (including phenoxy) is 4. The van der Waals surface area contributed by atoms with Gasteiger partial charge in [-0.2, -0.15) is 0 Å². The largest absolute Gasteiger partial charge is 0.454 e. The van der Waals surface area contributed by atoms with Crippen molar-refractivity contribution in [2.45, 2.75) is 12.7 Å². The standard InChI is InChI=1S/C13H19NO4/c1-15-13(16-2)8-14-6-5-10-3-4-11-12(7-10)18-9-17-11/h3-4,7,13-14H,5-6,8-9H2,1-2H3. The van der Waals surface area contributed by atoms with Gasteiger partial charge in [-0.25, -0.2) is 0 Å². The quantitative estimate of drug-likeness (QED) is 0.584.